The molecule has 2 rings (SSSR count). The highest BCUT2D eigenvalue weighted by molar-refractivity contribution is 9.10. The fourth-order valence-corrected chi connectivity index (χ4v) is 3.46. The summed E-state index contributed by atoms with van der Waals surface area (Å²) in [7, 11) is 0. The molecule has 0 saturated heterocycles. The summed E-state index contributed by atoms with van der Waals surface area (Å²) in [5.41, 5.74) is 0.251. The lowest BCUT2D eigenvalue weighted by Crippen LogP contribution is -2.42. The Morgan fingerprint density at radius 3 is 2.90 bits per heavy atom. The van der Waals surface area contributed by atoms with E-state index in [1.807, 2.05) is 0 Å². The third kappa shape index (κ3) is 3.48. The number of ether oxygens (including phenoxy) is 1. The minimum atomic E-state index is 0.251. The Hall–Kier alpha value is -0.280. The molecule has 1 aliphatic carbocycles. The van der Waals surface area contributed by atoms with E-state index >= 15 is 0 Å². The number of halogens is 2. The summed E-state index contributed by atoms with van der Waals surface area (Å²) in [6.07, 6.45) is 8.03. The second kappa shape index (κ2) is 6.65. The first-order valence-electron chi connectivity index (χ1n) is 7.46. The molecule has 1 saturated carbocycles. The van der Waals surface area contributed by atoms with Crippen molar-refractivity contribution >= 4 is 27.5 Å². The van der Waals surface area contributed by atoms with Crippen LogP contribution in [-0.2, 0) is 0 Å². The fourth-order valence-electron chi connectivity index (χ4n) is 3.01. The maximum Gasteiger partial charge on any atom is 0.138 e. The van der Waals surface area contributed by atoms with E-state index in [1.165, 1.54) is 19.3 Å². The molecule has 0 bridgehead atoms. The van der Waals surface area contributed by atoms with Gasteiger partial charge in [-0.3, -0.25) is 0 Å². The van der Waals surface area contributed by atoms with Gasteiger partial charge in [-0.1, -0.05) is 38.8 Å². The molecule has 112 valence electrons. The zero-order chi connectivity index (χ0) is 14.8. The Bertz CT molecular complexity index is 468. The van der Waals surface area contributed by atoms with Crippen LogP contribution in [-0.4, -0.2) is 11.1 Å². The van der Waals surface area contributed by atoms with Crippen LogP contribution >= 0.6 is 27.5 Å². The smallest absolute Gasteiger partial charge is 0.138 e. The van der Waals surface area contributed by atoms with Crippen molar-refractivity contribution in [2.75, 3.05) is 0 Å². The van der Waals surface area contributed by atoms with Crippen molar-refractivity contribution in [2.45, 2.75) is 59.0 Å². The zero-order valence-electron chi connectivity index (χ0n) is 12.5. The molecule has 0 aromatic carbocycles. The van der Waals surface area contributed by atoms with E-state index in [9.17, 15) is 0 Å². The maximum atomic E-state index is 6.33. The van der Waals surface area contributed by atoms with E-state index in [2.05, 4.69) is 41.7 Å². The fraction of sp³-hybridized carbons (Fsp3) is 0.688. The Morgan fingerprint density at radius 1 is 1.50 bits per heavy atom. The monoisotopic (exact) mass is 359 g/mol. The third-order valence-corrected chi connectivity index (χ3v) is 5.69. The van der Waals surface area contributed by atoms with Crippen LogP contribution in [0, 0.1) is 11.3 Å². The molecule has 0 N–H and O–H groups in total. The number of aromatic nitrogens is 1. The predicted octanol–water partition coefficient (Wildman–Crippen LogP) is 5.87. The molecule has 1 fully saturated rings. The van der Waals surface area contributed by atoms with Crippen molar-refractivity contribution in [1.82, 2.24) is 4.98 Å². The van der Waals surface area contributed by atoms with Crippen LogP contribution in [0.4, 0.5) is 0 Å². The van der Waals surface area contributed by atoms with Crippen LogP contribution in [0.2, 0.25) is 5.15 Å². The van der Waals surface area contributed by atoms with Gasteiger partial charge in [0.15, 0.2) is 0 Å². The van der Waals surface area contributed by atoms with E-state index in [4.69, 9.17) is 16.3 Å². The van der Waals surface area contributed by atoms with Gasteiger partial charge < -0.3 is 4.74 Å². The van der Waals surface area contributed by atoms with Gasteiger partial charge in [0.25, 0.3) is 0 Å². The normalized spacial score (nSPS) is 30.2. The average molecular weight is 361 g/mol. The van der Waals surface area contributed by atoms with Gasteiger partial charge >= 0.3 is 0 Å². The summed E-state index contributed by atoms with van der Waals surface area (Å²) < 4.78 is 7.21. The number of hydrogen-bond donors (Lipinski definition) is 0. The molecule has 1 aromatic heterocycles. The van der Waals surface area contributed by atoms with Crippen LogP contribution in [0.3, 0.4) is 0 Å². The Labute approximate surface area is 135 Å². The van der Waals surface area contributed by atoms with Crippen molar-refractivity contribution in [3.63, 3.8) is 0 Å². The number of pyridine rings is 1. The first-order valence-corrected chi connectivity index (χ1v) is 8.63. The molecule has 1 aliphatic rings. The van der Waals surface area contributed by atoms with Gasteiger partial charge in [0.1, 0.15) is 17.0 Å². The van der Waals surface area contributed by atoms with E-state index < -0.39 is 0 Å². The van der Waals surface area contributed by atoms with E-state index in [-0.39, 0.29) is 11.5 Å². The van der Waals surface area contributed by atoms with Crippen molar-refractivity contribution in [1.29, 1.82) is 0 Å². The van der Waals surface area contributed by atoms with Gasteiger partial charge in [0.2, 0.25) is 0 Å². The Morgan fingerprint density at radius 2 is 2.25 bits per heavy atom. The predicted molar refractivity (Wildman–Crippen MR) is 87.4 cm³/mol. The molecule has 1 aromatic rings. The Kier molecular flexibility index (Phi) is 5.36. The molecular formula is C16H23BrClNO. The van der Waals surface area contributed by atoms with Crippen LogP contribution in [0.15, 0.2) is 16.7 Å². The van der Waals surface area contributed by atoms with Crippen molar-refractivity contribution in [2.24, 2.45) is 11.3 Å². The first-order chi connectivity index (χ1) is 9.48. The maximum absolute atomic E-state index is 6.33. The number of rotatable bonds is 4. The molecule has 4 heteroatoms. The molecule has 2 nitrogen and oxygen atoms in total. The topological polar surface area (TPSA) is 22.1 Å². The third-order valence-electron chi connectivity index (χ3n) is 4.89. The van der Waals surface area contributed by atoms with Gasteiger partial charge in [-0.15, -0.1) is 0 Å². The lowest BCUT2D eigenvalue weighted by atomic mass is 9.67. The lowest BCUT2D eigenvalue weighted by molar-refractivity contribution is -0.00518. The van der Waals surface area contributed by atoms with Crippen molar-refractivity contribution < 1.29 is 4.74 Å². The summed E-state index contributed by atoms with van der Waals surface area (Å²) in [6.45, 7) is 6.88. The number of hydrogen-bond acceptors (Lipinski definition) is 2. The SMILES string of the molecule is CC[C@H]1CCC(C)(CC)[C@H](Oc2cc(Cl)ncc2Br)C1. The second-order valence-corrected chi connectivity index (χ2v) is 7.34. The van der Waals surface area contributed by atoms with Crippen LogP contribution < -0.4 is 4.74 Å². The van der Waals surface area contributed by atoms with E-state index in [0.29, 0.717) is 5.15 Å². The standard InChI is InChI=1S/C16H23BrClNO/c1-4-11-6-7-16(3,5-2)14(8-11)20-13-9-15(18)19-10-12(13)17/h9-11,14H,4-8H2,1-3H3/t11-,14+,16?/m0/s1. The molecule has 1 heterocycles. The first kappa shape index (κ1) is 16.1. The molecule has 0 spiro atoms. The minimum Gasteiger partial charge on any atom is -0.488 e. The summed E-state index contributed by atoms with van der Waals surface area (Å²) in [6, 6.07) is 1.80. The number of nitrogens with zero attached hydrogens (tertiary/aromatic N) is 1. The highest BCUT2D eigenvalue weighted by Crippen LogP contribution is 2.45. The lowest BCUT2D eigenvalue weighted by Gasteiger charge is -2.43. The van der Waals surface area contributed by atoms with Gasteiger partial charge in [-0.25, -0.2) is 4.98 Å². The summed E-state index contributed by atoms with van der Waals surface area (Å²) in [5.74, 6) is 1.59. The highest BCUT2D eigenvalue weighted by Gasteiger charge is 2.40. The molecule has 0 radical (unpaired) electrons. The molecule has 0 aliphatic heterocycles. The van der Waals surface area contributed by atoms with Gasteiger partial charge in [-0.2, -0.15) is 0 Å². The van der Waals surface area contributed by atoms with Gasteiger partial charge in [0.05, 0.1) is 4.47 Å². The van der Waals surface area contributed by atoms with Gasteiger partial charge in [-0.05, 0) is 47.5 Å². The minimum absolute atomic E-state index is 0.251. The van der Waals surface area contributed by atoms with E-state index in [0.717, 1.165) is 29.0 Å². The van der Waals surface area contributed by atoms with Crippen molar-refractivity contribution in [3.8, 4) is 5.75 Å². The molecule has 20 heavy (non-hydrogen) atoms. The summed E-state index contributed by atoms with van der Waals surface area (Å²) in [5, 5.41) is 0.476. The van der Waals surface area contributed by atoms with Gasteiger partial charge in [0, 0.05) is 17.7 Å². The van der Waals surface area contributed by atoms with Crippen LogP contribution in [0.25, 0.3) is 0 Å². The largest absolute Gasteiger partial charge is 0.488 e. The molecular weight excluding hydrogens is 338 g/mol. The molecule has 3 atom stereocenters. The summed E-state index contributed by atoms with van der Waals surface area (Å²) in [4.78, 5) is 4.06. The van der Waals surface area contributed by atoms with Crippen molar-refractivity contribution in [3.05, 3.63) is 21.9 Å². The molecule has 0 amide bonds. The zero-order valence-corrected chi connectivity index (χ0v) is 14.8. The highest BCUT2D eigenvalue weighted by atomic mass is 79.9. The average Bonchev–Trinajstić information content (AvgIpc) is 2.45. The van der Waals surface area contributed by atoms with E-state index in [1.54, 1.807) is 12.3 Å². The van der Waals surface area contributed by atoms with Crippen LogP contribution in [0.5, 0.6) is 5.75 Å². The Balaban J connectivity index is 2.20. The van der Waals surface area contributed by atoms with Crippen LogP contribution in [0.1, 0.15) is 52.9 Å². The second-order valence-electron chi connectivity index (χ2n) is 6.10. The quantitative estimate of drug-likeness (QED) is 0.626. The molecule has 1 unspecified atom stereocenters. The summed E-state index contributed by atoms with van der Waals surface area (Å²) >= 11 is 9.49.